The Balaban J connectivity index is 1.77. The van der Waals surface area contributed by atoms with Crippen LogP contribution in [0.25, 0.3) is 0 Å². The molecule has 1 saturated heterocycles. The van der Waals surface area contributed by atoms with Crippen molar-refractivity contribution in [1.29, 1.82) is 5.26 Å². The normalized spacial score (nSPS) is 14.8. The lowest BCUT2D eigenvalue weighted by molar-refractivity contribution is -0.138. The summed E-state index contributed by atoms with van der Waals surface area (Å²) < 4.78 is 53.2. The van der Waals surface area contributed by atoms with Gasteiger partial charge in [-0.1, -0.05) is 18.2 Å². The van der Waals surface area contributed by atoms with Gasteiger partial charge < -0.3 is 9.80 Å². The molecule has 140 valence electrons. The molecule has 0 bridgehead atoms. The van der Waals surface area contributed by atoms with Crippen LogP contribution in [0.2, 0.25) is 0 Å². The standard InChI is InChI=1S/C19H15F4N3O/c20-16-6-3-7-17(14(16)12-24)25-8-10-26(11-9-25)18(27)13-4-1-2-5-15(13)19(21,22)23/h1-7H,8-11H2. The van der Waals surface area contributed by atoms with E-state index in [2.05, 4.69) is 0 Å². The molecule has 3 rings (SSSR count). The summed E-state index contributed by atoms with van der Waals surface area (Å²) in [6.07, 6.45) is -4.61. The van der Waals surface area contributed by atoms with Gasteiger partial charge in [0.05, 0.1) is 16.8 Å². The summed E-state index contributed by atoms with van der Waals surface area (Å²) in [7, 11) is 0. The van der Waals surface area contributed by atoms with Gasteiger partial charge in [0.2, 0.25) is 0 Å². The van der Waals surface area contributed by atoms with Crippen LogP contribution in [0.5, 0.6) is 0 Å². The molecule has 27 heavy (non-hydrogen) atoms. The minimum absolute atomic E-state index is 0.0836. The van der Waals surface area contributed by atoms with Crippen molar-refractivity contribution < 1.29 is 22.4 Å². The van der Waals surface area contributed by atoms with Gasteiger partial charge in [-0.25, -0.2) is 4.39 Å². The number of nitrogens with zero attached hydrogens (tertiary/aromatic N) is 3. The van der Waals surface area contributed by atoms with Gasteiger partial charge in [-0.05, 0) is 24.3 Å². The molecule has 0 aromatic heterocycles. The topological polar surface area (TPSA) is 47.3 Å². The van der Waals surface area contributed by atoms with Crippen LogP contribution in [0.15, 0.2) is 42.5 Å². The summed E-state index contributed by atoms with van der Waals surface area (Å²) in [5, 5.41) is 9.14. The van der Waals surface area contributed by atoms with Gasteiger partial charge in [-0.2, -0.15) is 18.4 Å². The van der Waals surface area contributed by atoms with Crippen LogP contribution < -0.4 is 4.90 Å². The first-order valence-corrected chi connectivity index (χ1v) is 8.22. The summed E-state index contributed by atoms with van der Waals surface area (Å²) in [6, 6.07) is 10.8. The first-order valence-electron chi connectivity index (χ1n) is 8.22. The fourth-order valence-electron chi connectivity index (χ4n) is 3.12. The van der Waals surface area contributed by atoms with Crippen LogP contribution in [0.3, 0.4) is 0 Å². The maximum atomic E-state index is 13.8. The number of hydrogen-bond acceptors (Lipinski definition) is 3. The Hall–Kier alpha value is -3.08. The van der Waals surface area contributed by atoms with E-state index >= 15 is 0 Å². The van der Waals surface area contributed by atoms with Crippen molar-refractivity contribution in [2.24, 2.45) is 0 Å². The van der Waals surface area contributed by atoms with Gasteiger partial charge in [0.1, 0.15) is 17.4 Å². The molecule has 0 spiro atoms. The van der Waals surface area contributed by atoms with Crippen molar-refractivity contribution in [1.82, 2.24) is 4.90 Å². The van der Waals surface area contributed by atoms with E-state index in [1.165, 1.54) is 29.2 Å². The van der Waals surface area contributed by atoms with E-state index in [-0.39, 0.29) is 37.3 Å². The minimum atomic E-state index is -4.61. The molecular weight excluding hydrogens is 362 g/mol. The SMILES string of the molecule is N#Cc1c(F)cccc1N1CCN(C(=O)c2ccccc2C(F)(F)F)CC1. The quantitative estimate of drug-likeness (QED) is 0.751. The summed E-state index contributed by atoms with van der Waals surface area (Å²) in [6.45, 7) is 0.926. The second-order valence-electron chi connectivity index (χ2n) is 6.07. The number of rotatable bonds is 2. The smallest absolute Gasteiger partial charge is 0.367 e. The molecule has 1 fully saturated rings. The van der Waals surface area contributed by atoms with E-state index in [0.29, 0.717) is 5.69 Å². The highest BCUT2D eigenvalue weighted by Crippen LogP contribution is 2.32. The highest BCUT2D eigenvalue weighted by atomic mass is 19.4. The van der Waals surface area contributed by atoms with E-state index in [1.807, 2.05) is 6.07 Å². The molecule has 1 aliphatic rings. The number of hydrogen-bond donors (Lipinski definition) is 0. The number of anilines is 1. The van der Waals surface area contributed by atoms with Crippen LogP contribution in [-0.2, 0) is 6.18 Å². The Kier molecular flexibility index (Phi) is 5.04. The van der Waals surface area contributed by atoms with Gasteiger partial charge in [0.25, 0.3) is 5.91 Å². The number of carbonyl (C=O) groups excluding carboxylic acids is 1. The molecule has 1 amide bonds. The third kappa shape index (κ3) is 3.72. The fourth-order valence-corrected chi connectivity index (χ4v) is 3.12. The molecule has 2 aromatic rings. The first kappa shape index (κ1) is 18.7. The Labute approximate surface area is 153 Å². The fraction of sp³-hybridized carbons (Fsp3) is 0.263. The van der Waals surface area contributed by atoms with Crippen LogP contribution in [0.4, 0.5) is 23.2 Å². The largest absolute Gasteiger partial charge is 0.417 e. The monoisotopic (exact) mass is 377 g/mol. The number of benzene rings is 2. The molecule has 0 radical (unpaired) electrons. The number of nitriles is 1. The molecule has 0 aliphatic carbocycles. The molecule has 2 aromatic carbocycles. The van der Waals surface area contributed by atoms with E-state index in [0.717, 1.165) is 12.1 Å². The summed E-state index contributed by atoms with van der Waals surface area (Å²) in [4.78, 5) is 15.7. The zero-order valence-electron chi connectivity index (χ0n) is 14.1. The number of alkyl halides is 3. The summed E-state index contributed by atoms with van der Waals surface area (Å²) >= 11 is 0. The minimum Gasteiger partial charge on any atom is -0.367 e. The number of carbonyl (C=O) groups is 1. The van der Waals surface area contributed by atoms with Gasteiger partial charge in [0, 0.05) is 26.2 Å². The molecule has 0 unspecified atom stereocenters. The van der Waals surface area contributed by atoms with E-state index in [1.54, 1.807) is 11.0 Å². The van der Waals surface area contributed by atoms with Gasteiger partial charge in [-0.15, -0.1) is 0 Å². The second kappa shape index (κ2) is 7.27. The second-order valence-corrected chi connectivity index (χ2v) is 6.07. The predicted molar refractivity (Wildman–Crippen MR) is 90.7 cm³/mol. The highest BCUT2D eigenvalue weighted by Gasteiger charge is 2.36. The van der Waals surface area contributed by atoms with Crippen molar-refractivity contribution in [2.75, 3.05) is 31.1 Å². The average Bonchev–Trinajstić information content (AvgIpc) is 2.66. The molecular formula is C19H15F4N3O. The predicted octanol–water partition coefficient (Wildman–Crippen LogP) is 3.68. The van der Waals surface area contributed by atoms with Crippen LogP contribution >= 0.6 is 0 Å². The van der Waals surface area contributed by atoms with Crippen molar-refractivity contribution in [3.05, 3.63) is 65.0 Å². The molecule has 1 aliphatic heterocycles. The zero-order chi connectivity index (χ0) is 19.6. The molecule has 0 saturated carbocycles. The lowest BCUT2D eigenvalue weighted by Crippen LogP contribution is -2.49. The third-order valence-corrected chi connectivity index (χ3v) is 4.47. The Morgan fingerprint density at radius 2 is 1.67 bits per heavy atom. The maximum Gasteiger partial charge on any atom is 0.417 e. The lowest BCUT2D eigenvalue weighted by atomic mass is 10.1. The van der Waals surface area contributed by atoms with Crippen molar-refractivity contribution in [3.8, 4) is 6.07 Å². The van der Waals surface area contributed by atoms with Crippen LogP contribution in [-0.4, -0.2) is 37.0 Å². The Morgan fingerprint density at radius 1 is 1.00 bits per heavy atom. The zero-order valence-corrected chi connectivity index (χ0v) is 14.1. The van der Waals surface area contributed by atoms with E-state index < -0.39 is 23.5 Å². The summed E-state index contributed by atoms with van der Waals surface area (Å²) in [5.41, 5.74) is -1.02. The molecule has 4 nitrogen and oxygen atoms in total. The lowest BCUT2D eigenvalue weighted by Gasteiger charge is -2.36. The summed E-state index contributed by atoms with van der Waals surface area (Å²) in [5.74, 6) is -1.32. The van der Waals surface area contributed by atoms with Crippen molar-refractivity contribution in [3.63, 3.8) is 0 Å². The van der Waals surface area contributed by atoms with Crippen LogP contribution in [0, 0.1) is 17.1 Å². The molecule has 0 N–H and O–H groups in total. The third-order valence-electron chi connectivity index (χ3n) is 4.47. The van der Waals surface area contributed by atoms with Crippen molar-refractivity contribution in [2.45, 2.75) is 6.18 Å². The highest BCUT2D eigenvalue weighted by molar-refractivity contribution is 5.96. The Morgan fingerprint density at radius 3 is 2.30 bits per heavy atom. The van der Waals surface area contributed by atoms with Crippen LogP contribution in [0.1, 0.15) is 21.5 Å². The molecule has 1 heterocycles. The van der Waals surface area contributed by atoms with E-state index in [4.69, 9.17) is 5.26 Å². The van der Waals surface area contributed by atoms with Crippen molar-refractivity contribution >= 4 is 11.6 Å². The number of halogens is 4. The van der Waals surface area contributed by atoms with Gasteiger partial charge >= 0.3 is 6.18 Å². The number of amides is 1. The Bertz CT molecular complexity index is 897. The maximum absolute atomic E-state index is 13.8. The first-order chi connectivity index (χ1) is 12.8. The van der Waals surface area contributed by atoms with E-state index in [9.17, 15) is 22.4 Å². The number of piperazine rings is 1. The van der Waals surface area contributed by atoms with Gasteiger partial charge in [0.15, 0.2) is 0 Å². The molecule has 0 atom stereocenters. The molecule has 8 heteroatoms. The van der Waals surface area contributed by atoms with Gasteiger partial charge in [-0.3, -0.25) is 4.79 Å². The average molecular weight is 377 g/mol.